The Balaban J connectivity index is 1.14. The third-order valence-electron chi connectivity index (χ3n) is 6.29. The van der Waals surface area contributed by atoms with Gasteiger partial charge in [-0.25, -0.2) is 4.98 Å². The number of aromatic nitrogens is 4. The zero-order valence-corrected chi connectivity index (χ0v) is 19.2. The van der Waals surface area contributed by atoms with Crippen LogP contribution in [0, 0.1) is 12.8 Å². The predicted octanol–water partition coefficient (Wildman–Crippen LogP) is 3.76. The molecule has 174 valence electrons. The smallest absolute Gasteiger partial charge is 0.241 e. The molecule has 1 aliphatic heterocycles. The Hall–Kier alpha value is -3.78. The van der Waals surface area contributed by atoms with E-state index in [1.807, 2.05) is 66.2 Å². The summed E-state index contributed by atoms with van der Waals surface area (Å²) in [6.45, 7) is 4.71. The first-order chi connectivity index (χ1) is 16.7. The Morgan fingerprint density at radius 3 is 2.82 bits per heavy atom. The molecule has 1 fully saturated rings. The first-order valence-corrected chi connectivity index (χ1v) is 11.6. The molecule has 1 N–H and O–H groups in total. The van der Waals surface area contributed by atoms with Crippen LogP contribution >= 0.6 is 0 Å². The Kier molecular flexibility index (Phi) is 6.49. The second-order valence-corrected chi connectivity index (χ2v) is 8.76. The van der Waals surface area contributed by atoms with E-state index in [2.05, 4.69) is 25.3 Å². The molecule has 2 aromatic carbocycles. The van der Waals surface area contributed by atoms with Crippen molar-refractivity contribution < 1.29 is 9.32 Å². The predicted molar refractivity (Wildman–Crippen MR) is 128 cm³/mol. The molecule has 1 atom stereocenters. The van der Waals surface area contributed by atoms with Crippen molar-refractivity contribution in [2.24, 2.45) is 5.92 Å². The van der Waals surface area contributed by atoms with Gasteiger partial charge < -0.3 is 14.4 Å². The van der Waals surface area contributed by atoms with Gasteiger partial charge in [0.05, 0.1) is 18.8 Å². The zero-order chi connectivity index (χ0) is 23.3. The van der Waals surface area contributed by atoms with Gasteiger partial charge in [-0.3, -0.25) is 9.69 Å². The third-order valence-corrected chi connectivity index (χ3v) is 6.29. The SMILES string of the molecule is Cc1ccccc1-c1noc(CN2CCCC(C(=O)NCc3ccc(-n4ccnc4)cc3)C2)n1. The highest BCUT2D eigenvalue weighted by Crippen LogP contribution is 2.22. The summed E-state index contributed by atoms with van der Waals surface area (Å²) in [6.07, 6.45) is 7.28. The van der Waals surface area contributed by atoms with Crippen molar-refractivity contribution >= 4 is 5.91 Å². The number of imidazole rings is 1. The summed E-state index contributed by atoms with van der Waals surface area (Å²) in [5.74, 6) is 1.24. The summed E-state index contributed by atoms with van der Waals surface area (Å²) >= 11 is 0. The van der Waals surface area contributed by atoms with Crippen LogP contribution in [0.15, 0.2) is 71.8 Å². The van der Waals surface area contributed by atoms with Crippen molar-refractivity contribution in [3.05, 3.63) is 84.3 Å². The molecule has 3 heterocycles. The number of carbonyl (C=O) groups excluding carboxylic acids is 1. The van der Waals surface area contributed by atoms with Crippen LogP contribution in [0.2, 0.25) is 0 Å². The van der Waals surface area contributed by atoms with Crippen molar-refractivity contribution in [1.29, 1.82) is 0 Å². The second-order valence-electron chi connectivity index (χ2n) is 8.76. The molecule has 4 aromatic rings. The third kappa shape index (κ3) is 5.07. The van der Waals surface area contributed by atoms with E-state index < -0.39 is 0 Å². The lowest BCUT2D eigenvalue weighted by Gasteiger charge is -2.30. The van der Waals surface area contributed by atoms with E-state index in [1.165, 1.54) is 0 Å². The van der Waals surface area contributed by atoms with E-state index in [0.29, 0.717) is 31.3 Å². The monoisotopic (exact) mass is 456 g/mol. The van der Waals surface area contributed by atoms with Gasteiger partial charge >= 0.3 is 0 Å². The van der Waals surface area contributed by atoms with Gasteiger partial charge in [0.25, 0.3) is 0 Å². The van der Waals surface area contributed by atoms with Gasteiger partial charge in [-0.05, 0) is 49.6 Å². The molecular weight excluding hydrogens is 428 g/mol. The van der Waals surface area contributed by atoms with Crippen molar-refractivity contribution in [3.63, 3.8) is 0 Å². The molecule has 1 amide bonds. The van der Waals surface area contributed by atoms with Crippen LogP contribution in [-0.4, -0.2) is 43.6 Å². The number of benzene rings is 2. The van der Waals surface area contributed by atoms with Crippen LogP contribution in [-0.2, 0) is 17.9 Å². The summed E-state index contributed by atoms with van der Waals surface area (Å²) in [5.41, 5.74) is 4.20. The van der Waals surface area contributed by atoms with Gasteiger partial charge in [0.1, 0.15) is 0 Å². The number of nitrogens with one attached hydrogen (secondary N) is 1. The molecule has 1 unspecified atom stereocenters. The molecule has 0 radical (unpaired) electrons. The largest absolute Gasteiger partial charge is 0.352 e. The fourth-order valence-electron chi connectivity index (χ4n) is 4.39. The quantitative estimate of drug-likeness (QED) is 0.456. The van der Waals surface area contributed by atoms with Gasteiger partial charge in [0.15, 0.2) is 0 Å². The van der Waals surface area contributed by atoms with E-state index in [4.69, 9.17) is 4.52 Å². The fraction of sp³-hybridized carbons (Fsp3) is 0.308. The lowest BCUT2D eigenvalue weighted by molar-refractivity contribution is -0.127. The maximum Gasteiger partial charge on any atom is 0.241 e. The summed E-state index contributed by atoms with van der Waals surface area (Å²) in [5, 5.41) is 7.26. The number of amides is 1. The molecule has 5 rings (SSSR count). The van der Waals surface area contributed by atoms with Crippen molar-refractivity contribution in [2.75, 3.05) is 13.1 Å². The molecule has 0 aliphatic carbocycles. The minimum Gasteiger partial charge on any atom is -0.352 e. The molecule has 2 aromatic heterocycles. The number of piperidine rings is 1. The Morgan fingerprint density at radius 2 is 2.03 bits per heavy atom. The van der Waals surface area contributed by atoms with Gasteiger partial charge in [0.2, 0.25) is 17.6 Å². The first-order valence-electron chi connectivity index (χ1n) is 11.6. The Morgan fingerprint density at radius 1 is 1.18 bits per heavy atom. The van der Waals surface area contributed by atoms with Gasteiger partial charge in [-0.15, -0.1) is 0 Å². The topological polar surface area (TPSA) is 89.1 Å². The molecule has 0 spiro atoms. The molecule has 8 heteroatoms. The lowest BCUT2D eigenvalue weighted by Crippen LogP contribution is -2.42. The van der Waals surface area contributed by atoms with Crippen molar-refractivity contribution in [3.8, 4) is 17.1 Å². The van der Waals surface area contributed by atoms with E-state index >= 15 is 0 Å². The average molecular weight is 457 g/mol. The van der Waals surface area contributed by atoms with Crippen molar-refractivity contribution in [1.82, 2.24) is 29.9 Å². The number of likely N-dealkylation sites (tertiary alicyclic amines) is 1. The molecule has 1 saturated heterocycles. The summed E-state index contributed by atoms with van der Waals surface area (Å²) in [6, 6.07) is 16.1. The average Bonchev–Trinajstić information content (AvgIpc) is 3.56. The normalized spacial score (nSPS) is 16.4. The van der Waals surface area contributed by atoms with E-state index in [0.717, 1.165) is 41.8 Å². The molecule has 0 saturated carbocycles. The van der Waals surface area contributed by atoms with Gasteiger partial charge in [-0.2, -0.15) is 4.98 Å². The highest BCUT2D eigenvalue weighted by atomic mass is 16.5. The molecular formula is C26H28N6O2. The van der Waals surface area contributed by atoms with Crippen LogP contribution in [0.3, 0.4) is 0 Å². The maximum absolute atomic E-state index is 12.8. The van der Waals surface area contributed by atoms with Gasteiger partial charge in [-0.1, -0.05) is 41.6 Å². The number of nitrogens with zero attached hydrogens (tertiary/aromatic N) is 5. The standard InChI is InChI=1S/C26H28N6O2/c1-19-5-2-3-7-23(19)25-29-24(34-30-25)17-31-13-4-6-21(16-31)26(33)28-15-20-8-10-22(11-9-20)32-14-12-27-18-32/h2-3,5,7-12,14,18,21H,4,6,13,15-17H2,1H3,(H,28,33). The van der Waals surface area contributed by atoms with Crippen LogP contribution < -0.4 is 5.32 Å². The number of hydrogen-bond donors (Lipinski definition) is 1. The summed E-state index contributed by atoms with van der Waals surface area (Å²) in [7, 11) is 0. The van der Waals surface area contributed by atoms with Crippen LogP contribution in [0.5, 0.6) is 0 Å². The van der Waals surface area contributed by atoms with Crippen LogP contribution in [0.4, 0.5) is 0 Å². The van der Waals surface area contributed by atoms with E-state index in [-0.39, 0.29) is 11.8 Å². The maximum atomic E-state index is 12.8. The summed E-state index contributed by atoms with van der Waals surface area (Å²) in [4.78, 5) is 23.7. The second kappa shape index (κ2) is 10.0. The van der Waals surface area contributed by atoms with Gasteiger partial charge in [0, 0.05) is 36.7 Å². The minimum atomic E-state index is -0.0438. The Bertz CT molecular complexity index is 1230. The highest BCUT2D eigenvalue weighted by Gasteiger charge is 2.27. The lowest BCUT2D eigenvalue weighted by atomic mass is 9.97. The number of rotatable bonds is 7. The van der Waals surface area contributed by atoms with E-state index in [9.17, 15) is 4.79 Å². The zero-order valence-electron chi connectivity index (χ0n) is 19.2. The first kappa shape index (κ1) is 22.0. The fourth-order valence-corrected chi connectivity index (χ4v) is 4.39. The van der Waals surface area contributed by atoms with Crippen molar-refractivity contribution in [2.45, 2.75) is 32.9 Å². The van der Waals surface area contributed by atoms with E-state index in [1.54, 1.807) is 12.5 Å². The molecule has 34 heavy (non-hydrogen) atoms. The molecule has 8 nitrogen and oxygen atoms in total. The number of hydrogen-bond acceptors (Lipinski definition) is 6. The number of carbonyl (C=O) groups is 1. The van der Waals surface area contributed by atoms with Crippen LogP contribution in [0.1, 0.15) is 29.9 Å². The molecule has 1 aliphatic rings. The van der Waals surface area contributed by atoms with Crippen LogP contribution in [0.25, 0.3) is 17.1 Å². The minimum absolute atomic E-state index is 0.0438. The Labute approximate surface area is 198 Å². The highest BCUT2D eigenvalue weighted by molar-refractivity contribution is 5.79. The molecule has 0 bridgehead atoms. The summed E-state index contributed by atoms with van der Waals surface area (Å²) < 4.78 is 7.46. The number of aryl methyl sites for hydroxylation is 1.